The van der Waals surface area contributed by atoms with Gasteiger partial charge in [0.05, 0.1) is 4.90 Å². The maximum absolute atomic E-state index is 12.4. The number of nitrogens with zero attached hydrogens (tertiary/aromatic N) is 1. The van der Waals surface area contributed by atoms with Crippen LogP contribution in [0, 0.1) is 6.92 Å². The van der Waals surface area contributed by atoms with Crippen molar-refractivity contribution in [3.8, 4) is 0 Å². The van der Waals surface area contributed by atoms with Crippen molar-refractivity contribution in [2.24, 2.45) is 0 Å². The minimum absolute atomic E-state index is 0.0417. The molecule has 0 aliphatic heterocycles. The Labute approximate surface area is 117 Å². The lowest BCUT2D eigenvalue weighted by Crippen LogP contribution is -2.36. The number of hydrogen-bond acceptors (Lipinski definition) is 3. The molecule has 104 valence electrons. The first-order valence-corrected chi connectivity index (χ1v) is 7.20. The fourth-order valence-corrected chi connectivity index (χ4v) is 3.38. The first-order valence-electron chi connectivity index (χ1n) is 5.38. The normalized spacial score (nSPS) is 11.5. The van der Waals surface area contributed by atoms with E-state index >= 15 is 0 Å². The van der Waals surface area contributed by atoms with Gasteiger partial charge in [0.15, 0.2) is 0 Å². The van der Waals surface area contributed by atoms with E-state index in [1.807, 2.05) is 0 Å². The number of aryl methyl sites for hydroxylation is 1. The zero-order chi connectivity index (χ0) is 14.6. The second kappa shape index (κ2) is 6.18. The number of carboxylic acids is 1. The van der Waals surface area contributed by atoms with Crippen LogP contribution in [0.5, 0.6) is 0 Å². The molecule has 0 heterocycles. The minimum atomic E-state index is -3.88. The molecule has 0 fully saturated rings. The Kier molecular flexibility index (Phi) is 5.11. The van der Waals surface area contributed by atoms with Crippen molar-refractivity contribution < 1.29 is 18.3 Å². The molecular weight excluding hydrogens is 290 g/mol. The summed E-state index contributed by atoms with van der Waals surface area (Å²) >= 11 is 5.77. The Morgan fingerprint density at radius 3 is 2.63 bits per heavy atom. The zero-order valence-corrected chi connectivity index (χ0v) is 11.9. The molecule has 0 amide bonds. The lowest BCUT2D eigenvalue weighted by Gasteiger charge is -2.19. The van der Waals surface area contributed by atoms with Gasteiger partial charge in [-0.3, -0.25) is 4.79 Å². The third-order valence-corrected chi connectivity index (χ3v) is 4.61. The van der Waals surface area contributed by atoms with Crippen LogP contribution in [-0.4, -0.2) is 36.9 Å². The van der Waals surface area contributed by atoms with E-state index in [0.29, 0.717) is 10.6 Å². The van der Waals surface area contributed by atoms with Gasteiger partial charge in [-0.05, 0) is 30.7 Å². The SMILES string of the molecule is C=CCN(CC(=O)O)S(=O)(=O)c1ccc(Cl)cc1C. The van der Waals surface area contributed by atoms with Crippen LogP contribution in [0.25, 0.3) is 0 Å². The van der Waals surface area contributed by atoms with Crippen molar-refractivity contribution in [1.82, 2.24) is 4.31 Å². The number of rotatable bonds is 6. The van der Waals surface area contributed by atoms with Crippen LogP contribution in [0.1, 0.15) is 5.56 Å². The smallest absolute Gasteiger partial charge is 0.318 e. The maximum Gasteiger partial charge on any atom is 0.318 e. The molecule has 1 N–H and O–H groups in total. The van der Waals surface area contributed by atoms with E-state index in [1.54, 1.807) is 6.92 Å². The Hall–Kier alpha value is -1.37. The molecule has 0 radical (unpaired) electrons. The first kappa shape index (κ1) is 15.7. The van der Waals surface area contributed by atoms with Crippen LogP contribution >= 0.6 is 11.6 Å². The summed E-state index contributed by atoms with van der Waals surface area (Å²) in [6, 6.07) is 4.33. The highest BCUT2D eigenvalue weighted by molar-refractivity contribution is 7.89. The zero-order valence-electron chi connectivity index (χ0n) is 10.3. The summed E-state index contributed by atoms with van der Waals surface area (Å²) in [4.78, 5) is 10.8. The minimum Gasteiger partial charge on any atom is -0.480 e. The Balaban J connectivity index is 3.25. The van der Waals surface area contributed by atoms with Gasteiger partial charge >= 0.3 is 5.97 Å². The fraction of sp³-hybridized carbons (Fsp3) is 0.250. The molecule has 7 heteroatoms. The van der Waals surface area contributed by atoms with Crippen LogP contribution < -0.4 is 0 Å². The van der Waals surface area contributed by atoms with Crippen LogP contribution in [0.3, 0.4) is 0 Å². The molecule has 0 saturated carbocycles. The van der Waals surface area contributed by atoms with Crippen molar-refractivity contribution in [2.75, 3.05) is 13.1 Å². The summed E-state index contributed by atoms with van der Waals surface area (Å²) < 4.78 is 25.6. The number of hydrogen-bond donors (Lipinski definition) is 1. The highest BCUT2D eigenvalue weighted by Crippen LogP contribution is 2.22. The van der Waals surface area contributed by atoms with Gasteiger partial charge in [0.25, 0.3) is 0 Å². The molecule has 1 aromatic carbocycles. The average molecular weight is 304 g/mol. The molecule has 0 saturated heterocycles. The van der Waals surface area contributed by atoms with Gasteiger partial charge in [-0.15, -0.1) is 6.58 Å². The predicted octanol–water partition coefficient (Wildman–Crippen LogP) is 1.91. The second-order valence-corrected chi connectivity index (χ2v) is 6.23. The number of benzene rings is 1. The molecule has 1 rings (SSSR count). The maximum atomic E-state index is 12.4. The van der Waals surface area contributed by atoms with Gasteiger partial charge < -0.3 is 5.11 Å². The molecule has 0 aromatic heterocycles. The molecule has 0 spiro atoms. The summed E-state index contributed by atoms with van der Waals surface area (Å²) in [6.07, 6.45) is 1.34. The van der Waals surface area contributed by atoms with Gasteiger partial charge in [0.2, 0.25) is 10.0 Å². The highest BCUT2D eigenvalue weighted by Gasteiger charge is 2.26. The van der Waals surface area contributed by atoms with E-state index in [1.165, 1.54) is 24.3 Å². The molecular formula is C12H14ClNO4S. The average Bonchev–Trinajstić information content (AvgIpc) is 2.27. The van der Waals surface area contributed by atoms with E-state index in [9.17, 15) is 13.2 Å². The largest absolute Gasteiger partial charge is 0.480 e. The topological polar surface area (TPSA) is 74.7 Å². The van der Waals surface area contributed by atoms with Crippen LogP contribution in [0.15, 0.2) is 35.7 Å². The molecule has 0 aliphatic carbocycles. The molecule has 1 aromatic rings. The van der Waals surface area contributed by atoms with E-state index in [0.717, 1.165) is 4.31 Å². The van der Waals surface area contributed by atoms with Crippen LogP contribution in [-0.2, 0) is 14.8 Å². The van der Waals surface area contributed by atoms with Crippen molar-refractivity contribution in [3.63, 3.8) is 0 Å². The summed E-state index contributed by atoms with van der Waals surface area (Å²) in [5, 5.41) is 9.19. The number of carboxylic acid groups (broad SMARTS) is 1. The van der Waals surface area contributed by atoms with Gasteiger partial charge in [0.1, 0.15) is 6.54 Å². The Bertz CT molecular complexity index is 598. The Morgan fingerprint density at radius 1 is 1.53 bits per heavy atom. The van der Waals surface area contributed by atoms with Crippen LogP contribution in [0.4, 0.5) is 0 Å². The van der Waals surface area contributed by atoms with Gasteiger partial charge in [0, 0.05) is 11.6 Å². The number of sulfonamides is 1. The molecule has 19 heavy (non-hydrogen) atoms. The fourth-order valence-electron chi connectivity index (χ4n) is 1.58. The number of aliphatic carboxylic acids is 1. The summed E-state index contributed by atoms with van der Waals surface area (Å²) in [7, 11) is -3.88. The molecule has 0 aliphatic rings. The number of halogens is 1. The third kappa shape index (κ3) is 3.79. The molecule has 0 bridgehead atoms. The summed E-state index contributed by atoms with van der Waals surface area (Å²) in [6.45, 7) is 4.35. The molecule has 0 unspecified atom stereocenters. The summed E-state index contributed by atoms with van der Waals surface area (Å²) in [5.74, 6) is -1.22. The molecule has 0 atom stereocenters. The van der Waals surface area contributed by atoms with Crippen molar-refractivity contribution in [3.05, 3.63) is 41.4 Å². The Morgan fingerprint density at radius 2 is 2.16 bits per heavy atom. The van der Waals surface area contributed by atoms with Gasteiger partial charge in [-0.1, -0.05) is 17.7 Å². The predicted molar refractivity (Wildman–Crippen MR) is 72.8 cm³/mol. The quantitative estimate of drug-likeness (QED) is 0.815. The van der Waals surface area contributed by atoms with Gasteiger partial charge in [-0.25, -0.2) is 8.42 Å². The lowest BCUT2D eigenvalue weighted by atomic mass is 10.2. The van der Waals surface area contributed by atoms with Crippen molar-refractivity contribution in [1.29, 1.82) is 0 Å². The van der Waals surface area contributed by atoms with E-state index in [-0.39, 0.29) is 11.4 Å². The third-order valence-electron chi connectivity index (χ3n) is 2.40. The standard InChI is InChI=1S/C12H14ClNO4S/c1-3-6-14(8-12(15)16)19(17,18)11-5-4-10(13)7-9(11)2/h3-5,7H,1,6,8H2,2H3,(H,15,16). The van der Waals surface area contributed by atoms with Crippen molar-refractivity contribution >= 4 is 27.6 Å². The number of carbonyl (C=O) groups is 1. The van der Waals surface area contributed by atoms with E-state index in [4.69, 9.17) is 16.7 Å². The van der Waals surface area contributed by atoms with Crippen molar-refractivity contribution in [2.45, 2.75) is 11.8 Å². The monoisotopic (exact) mass is 303 g/mol. The first-order chi connectivity index (χ1) is 8.78. The lowest BCUT2D eigenvalue weighted by molar-refractivity contribution is -0.137. The van der Waals surface area contributed by atoms with E-state index in [2.05, 4.69) is 6.58 Å². The summed E-state index contributed by atoms with van der Waals surface area (Å²) in [5.41, 5.74) is 0.465. The van der Waals surface area contributed by atoms with Crippen LogP contribution in [0.2, 0.25) is 5.02 Å². The molecule has 5 nitrogen and oxygen atoms in total. The second-order valence-electron chi connectivity index (χ2n) is 3.89. The van der Waals surface area contributed by atoms with E-state index < -0.39 is 22.5 Å². The highest BCUT2D eigenvalue weighted by atomic mass is 35.5. The van der Waals surface area contributed by atoms with Gasteiger partial charge in [-0.2, -0.15) is 4.31 Å².